The number of H-pyrrole nitrogens is 1. The van der Waals surface area contributed by atoms with Crippen LogP contribution in [0.15, 0.2) is 16.2 Å². The second-order valence-corrected chi connectivity index (χ2v) is 6.70. The Kier molecular flexibility index (Phi) is 3.41. The zero-order chi connectivity index (χ0) is 13.4. The lowest BCUT2D eigenvalue weighted by atomic mass is 9.92. The molecule has 2 aromatic rings. The third-order valence-corrected chi connectivity index (χ3v) is 4.58. The van der Waals surface area contributed by atoms with Gasteiger partial charge < -0.3 is 4.98 Å². The van der Waals surface area contributed by atoms with Crippen molar-refractivity contribution in [1.29, 1.82) is 0 Å². The normalized spacial score (nSPS) is 24.9. The van der Waals surface area contributed by atoms with Gasteiger partial charge in [0, 0.05) is 13.1 Å². The van der Waals surface area contributed by atoms with Gasteiger partial charge in [0.1, 0.15) is 10.5 Å². The van der Waals surface area contributed by atoms with Gasteiger partial charge in [0.05, 0.1) is 12.1 Å². The van der Waals surface area contributed by atoms with Gasteiger partial charge in [0.15, 0.2) is 0 Å². The Morgan fingerprint density at radius 3 is 2.89 bits per heavy atom. The van der Waals surface area contributed by atoms with Gasteiger partial charge >= 0.3 is 0 Å². The standard InChI is InChI=1S/C14H19N3OS/c1-9-5-10(2)7-17(6-9)8-12-15-11-3-4-19-13(11)14(18)16-12/h3-4,9-10H,5-8H2,1-2H3,(H,15,16,18). The van der Waals surface area contributed by atoms with Crippen molar-refractivity contribution in [1.82, 2.24) is 14.9 Å². The van der Waals surface area contributed by atoms with E-state index in [0.717, 1.165) is 47.5 Å². The molecule has 1 aliphatic rings. The Hall–Kier alpha value is -1.20. The highest BCUT2D eigenvalue weighted by atomic mass is 32.1. The van der Waals surface area contributed by atoms with Crippen LogP contribution in [-0.2, 0) is 6.54 Å². The lowest BCUT2D eigenvalue weighted by molar-refractivity contribution is 0.131. The number of aromatic amines is 1. The van der Waals surface area contributed by atoms with E-state index < -0.39 is 0 Å². The molecule has 1 N–H and O–H groups in total. The summed E-state index contributed by atoms with van der Waals surface area (Å²) in [6.45, 7) is 7.52. The van der Waals surface area contributed by atoms with Gasteiger partial charge in [-0.25, -0.2) is 4.98 Å². The van der Waals surface area contributed by atoms with Crippen LogP contribution in [0.5, 0.6) is 0 Å². The van der Waals surface area contributed by atoms with Gasteiger partial charge in [-0.3, -0.25) is 9.69 Å². The number of likely N-dealkylation sites (tertiary alicyclic amines) is 1. The minimum absolute atomic E-state index is 0.00638. The van der Waals surface area contributed by atoms with E-state index in [1.807, 2.05) is 11.4 Å². The van der Waals surface area contributed by atoms with Crippen LogP contribution in [0, 0.1) is 11.8 Å². The van der Waals surface area contributed by atoms with Crippen molar-refractivity contribution < 1.29 is 0 Å². The van der Waals surface area contributed by atoms with E-state index >= 15 is 0 Å². The number of thiophene rings is 1. The molecule has 0 aliphatic carbocycles. The topological polar surface area (TPSA) is 49.0 Å². The molecule has 0 bridgehead atoms. The molecule has 1 fully saturated rings. The van der Waals surface area contributed by atoms with Crippen LogP contribution in [0.2, 0.25) is 0 Å². The van der Waals surface area contributed by atoms with Gasteiger partial charge in [-0.1, -0.05) is 13.8 Å². The summed E-state index contributed by atoms with van der Waals surface area (Å²) in [5.74, 6) is 2.23. The van der Waals surface area contributed by atoms with Crippen LogP contribution in [-0.4, -0.2) is 28.0 Å². The second kappa shape index (κ2) is 5.06. The summed E-state index contributed by atoms with van der Waals surface area (Å²) in [5.41, 5.74) is 0.815. The van der Waals surface area contributed by atoms with Gasteiger partial charge in [-0.05, 0) is 29.7 Å². The molecule has 1 aliphatic heterocycles. The molecule has 0 radical (unpaired) electrons. The third-order valence-electron chi connectivity index (χ3n) is 3.68. The summed E-state index contributed by atoms with van der Waals surface area (Å²) in [6, 6.07) is 1.92. The molecule has 19 heavy (non-hydrogen) atoms. The summed E-state index contributed by atoms with van der Waals surface area (Å²) in [7, 11) is 0. The quantitative estimate of drug-likeness (QED) is 0.917. The highest BCUT2D eigenvalue weighted by molar-refractivity contribution is 7.17. The van der Waals surface area contributed by atoms with E-state index in [1.165, 1.54) is 17.8 Å². The summed E-state index contributed by atoms with van der Waals surface area (Å²) >= 11 is 1.45. The van der Waals surface area contributed by atoms with E-state index in [0.29, 0.717) is 0 Å². The lowest BCUT2D eigenvalue weighted by Crippen LogP contribution is -2.38. The van der Waals surface area contributed by atoms with E-state index in [1.54, 1.807) is 0 Å². The Bertz CT molecular complexity index is 623. The number of aromatic nitrogens is 2. The van der Waals surface area contributed by atoms with Gasteiger partial charge in [0.2, 0.25) is 0 Å². The minimum atomic E-state index is -0.00638. The first kappa shape index (κ1) is 12.8. The van der Waals surface area contributed by atoms with Crippen LogP contribution < -0.4 is 5.56 Å². The predicted molar refractivity (Wildman–Crippen MR) is 78.5 cm³/mol. The van der Waals surface area contributed by atoms with Crippen molar-refractivity contribution in [2.24, 2.45) is 11.8 Å². The van der Waals surface area contributed by atoms with Crippen molar-refractivity contribution in [3.05, 3.63) is 27.6 Å². The van der Waals surface area contributed by atoms with Crippen LogP contribution >= 0.6 is 11.3 Å². The Morgan fingerprint density at radius 1 is 1.42 bits per heavy atom. The van der Waals surface area contributed by atoms with Crippen molar-refractivity contribution in [3.8, 4) is 0 Å². The molecule has 0 aromatic carbocycles. The molecule has 2 unspecified atom stereocenters. The maximum Gasteiger partial charge on any atom is 0.268 e. The average molecular weight is 277 g/mol. The molecule has 5 heteroatoms. The maximum absolute atomic E-state index is 11.9. The summed E-state index contributed by atoms with van der Waals surface area (Å²) in [5, 5.41) is 1.92. The minimum Gasteiger partial charge on any atom is -0.308 e. The molecule has 3 rings (SSSR count). The molecule has 4 nitrogen and oxygen atoms in total. The molecule has 1 saturated heterocycles. The van der Waals surface area contributed by atoms with Crippen molar-refractivity contribution in [2.75, 3.05) is 13.1 Å². The predicted octanol–water partition coefficient (Wildman–Crippen LogP) is 2.46. The molecule has 2 aromatic heterocycles. The van der Waals surface area contributed by atoms with E-state index in [4.69, 9.17) is 0 Å². The smallest absolute Gasteiger partial charge is 0.268 e. The molecular formula is C14H19N3OS. The molecule has 102 valence electrons. The monoisotopic (exact) mass is 277 g/mol. The van der Waals surface area contributed by atoms with Gasteiger partial charge in [0.25, 0.3) is 5.56 Å². The lowest BCUT2D eigenvalue weighted by Gasteiger charge is -2.34. The maximum atomic E-state index is 11.9. The molecule has 0 spiro atoms. The molecule has 2 atom stereocenters. The van der Waals surface area contributed by atoms with Gasteiger partial charge in [-0.2, -0.15) is 0 Å². The Balaban J connectivity index is 1.83. The summed E-state index contributed by atoms with van der Waals surface area (Å²) in [6.07, 6.45) is 1.30. The Labute approximate surface area is 116 Å². The number of fused-ring (bicyclic) bond motifs is 1. The SMILES string of the molecule is CC1CC(C)CN(Cc2nc3ccsc3c(=O)[nH]2)C1. The number of piperidine rings is 1. The highest BCUT2D eigenvalue weighted by Crippen LogP contribution is 2.22. The fourth-order valence-corrected chi connectivity index (χ4v) is 3.85. The van der Waals surface area contributed by atoms with Crippen molar-refractivity contribution in [2.45, 2.75) is 26.8 Å². The number of nitrogens with one attached hydrogen (secondary N) is 1. The van der Waals surface area contributed by atoms with Crippen LogP contribution in [0.3, 0.4) is 0 Å². The zero-order valence-corrected chi connectivity index (χ0v) is 12.2. The first-order valence-electron chi connectivity index (χ1n) is 6.80. The Morgan fingerprint density at radius 2 is 2.16 bits per heavy atom. The molecule has 3 heterocycles. The van der Waals surface area contributed by atoms with Gasteiger partial charge in [-0.15, -0.1) is 11.3 Å². The van der Waals surface area contributed by atoms with Crippen molar-refractivity contribution in [3.63, 3.8) is 0 Å². The number of nitrogens with zero attached hydrogens (tertiary/aromatic N) is 2. The van der Waals surface area contributed by atoms with Crippen molar-refractivity contribution >= 4 is 21.6 Å². The zero-order valence-electron chi connectivity index (χ0n) is 11.3. The summed E-state index contributed by atoms with van der Waals surface area (Å²) < 4.78 is 0.726. The average Bonchev–Trinajstić information content (AvgIpc) is 2.75. The molecule has 0 amide bonds. The number of rotatable bonds is 2. The molecule has 0 saturated carbocycles. The van der Waals surface area contributed by atoms with E-state index in [9.17, 15) is 4.79 Å². The van der Waals surface area contributed by atoms with Crippen LogP contribution in [0.1, 0.15) is 26.1 Å². The second-order valence-electron chi connectivity index (χ2n) is 5.79. The van der Waals surface area contributed by atoms with E-state index in [2.05, 4.69) is 28.7 Å². The van der Waals surface area contributed by atoms with Crippen LogP contribution in [0.25, 0.3) is 10.2 Å². The van der Waals surface area contributed by atoms with E-state index in [-0.39, 0.29) is 5.56 Å². The van der Waals surface area contributed by atoms with Crippen LogP contribution in [0.4, 0.5) is 0 Å². The summed E-state index contributed by atoms with van der Waals surface area (Å²) in [4.78, 5) is 21.8. The highest BCUT2D eigenvalue weighted by Gasteiger charge is 2.22. The molecular weight excluding hydrogens is 258 g/mol. The first-order valence-corrected chi connectivity index (χ1v) is 7.68. The largest absolute Gasteiger partial charge is 0.308 e. The third kappa shape index (κ3) is 2.72. The fraction of sp³-hybridized carbons (Fsp3) is 0.571. The number of hydrogen-bond acceptors (Lipinski definition) is 4. The number of hydrogen-bond donors (Lipinski definition) is 1. The fourth-order valence-electron chi connectivity index (χ4n) is 3.13. The first-order chi connectivity index (χ1) is 9.11.